The Morgan fingerprint density at radius 3 is 2.33 bits per heavy atom. The van der Waals surface area contributed by atoms with Crippen molar-refractivity contribution in [3.63, 3.8) is 0 Å². The van der Waals surface area contributed by atoms with Crippen LogP contribution in [0.1, 0.15) is 20.3 Å². The Hall–Kier alpha value is -0.720. The maximum Gasteiger partial charge on any atom is 0.00777 e. The first-order chi connectivity index (χ1) is 5.68. The van der Waals surface area contributed by atoms with Crippen LogP contribution in [0.2, 0.25) is 0 Å². The van der Waals surface area contributed by atoms with Gasteiger partial charge in [-0.3, -0.25) is 0 Å². The maximum atomic E-state index is 5.73. The predicted octanol–water partition coefficient (Wildman–Crippen LogP) is 2.31. The molecule has 4 atom stereocenters. The summed E-state index contributed by atoms with van der Waals surface area (Å²) < 4.78 is 0. The third kappa shape index (κ3) is 1.08. The van der Waals surface area contributed by atoms with Gasteiger partial charge < -0.3 is 5.73 Å². The molecule has 2 rings (SSSR count). The third-order valence-corrected chi connectivity index (χ3v) is 3.46. The molecule has 0 radical (unpaired) electrons. The van der Waals surface area contributed by atoms with Crippen LogP contribution < -0.4 is 5.73 Å². The molecular formula is C11H17N. The van der Waals surface area contributed by atoms with Crippen molar-refractivity contribution in [1.29, 1.82) is 0 Å². The van der Waals surface area contributed by atoms with Crippen LogP contribution in [0, 0.1) is 23.7 Å². The molecule has 0 fully saturated rings. The average molecular weight is 163 g/mol. The number of hydrogen-bond donors (Lipinski definition) is 1. The average Bonchev–Trinajstić information content (AvgIpc) is 2.08. The molecule has 2 aliphatic rings. The van der Waals surface area contributed by atoms with E-state index in [4.69, 9.17) is 5.73 Å². The summed E-state index contributed by atoms with van der Waals surface area (Å²) in [6.07, 6.45) is 8.16. The zero-order chi connectivity index (χ0) is 8.72. The van der Waals surface area contributed by atoms with Crippen LogP contribution in [0.25, 0.3) is 0 Å². The molecule has 1 heteroatoms. The molecular weight excluding hydrogens is 146 g/mol. The lowest BCUT2D eigenvalue weighted by Gasteiger charge is -2.36. The van der Waals surface area contributed by atoms with Gasteiger partial charge in [0.15, 0.2) is 0 Å². The standard InChI is InChI=1S/C11H17N/c1-7-3-4-9(7)5-10-6-11(12)8(10)2/h3-4,6-10H,5,12H2,1-2H3. The minimum atomic E-state index is 0.631. The van der Waals surface area contributed by atoms with Crippen molar-refractivity contribution in [3.05, 3.63) is 23.9 Å². The molecule has 2 N–H and O–H groups in total. The van der Waals surface area contributed by atoms with Crippen molar-refractivity contribution in [2.75, 3.05) is 0 Å². The Balaban J connectivity index is 1.86. The summed E-state index contributed by atoms with van der Waals surface area (Å²) in [4.78, 5) is 0. The molecule has 4 unspecified atom stereocenters. The molecule has 1 nitrogen and oxygen atoms in total. The van der Waals surface area contributed by atoms with Crippen molar-refractivity contribution in [2.24, 2.45) is 29.4 Å². The van der Waals surface area contributed by atoms with E-state index in [1.54, 1.807) is 0 Å². The monoisotopic (exact) mass is 163 g/mol. The van der Waals surface area contributed by atoms with Crippen molar-refractivity contribution in [3.8, 4) is 0 Å². The molecule has 0 aliphatic heterocycles. The first kappa shape index (κ1) is 7.90. The summed E-state index contributed by atoms with van der Waals surface area (Å²) in [6, 6.07) is 0. The van der Waals surface area contributed by atoms with Crippen molar-refractivity contribution in [1.82, 2.24) is 0 Å². The van der Waals surface area contributed by atoms with E-state index in [-0.39, 0.29) is 0 Å². The second kappa shape index (κ2) is 2.65. The first-order valence-electron chi connectivity index (χ1n) is 4.84. The molecule has 0 saturated heterocycles. The largest absolute Gasteiger partial charge is 0.402 e. The van der Waals surface area contributed by atoms with Gasteiger partial charge in [0.25, 0.3) is 0 Å². The van der Waals surface area contributed by atoms with E-state index in [9.17, 15) is 0 Å². The smallest absolute Gasteiger partial charge is 0.00777 e. The fourth-order valence-electron chi connectivity index (χ4n) is 2.04. The van der Waals surface area contributed by atoms with Crippen LogP contribution in [0.15, 0.2) is 23.9 Å². The van der Waals surface area contributed by atoms with E-state index in [1.807, 2.05) is 0 Å². The lowest BCUT2D eigenvalue weighted by Crippen LogP contribution is -2.31. The summed E-state index contributed by atoms with van der Waals surface area (Å²) in [7, 11) is 0. The molecule has 66 valence electrons. The number of allylic oxidation sites excluding steroid dienone is 4. The van der Waals surface area contributed by atoms with Crippen LogP contribution in [0.5, 0.6) is 0 Å². The molecule has 12 heavy (non-hydrogen) atoms. The van der Waals surface area contributed by atoms with Crippen molar-refractivity contribution >= 4 is 0 Å². The van der Waals surface area contributed by atoms with E-state index in [0.29, 0.717) is 5.92 Å². The summed E-state index contributed by atoms with van der Waals surface area (Å²) in [5.41, 5.74) is 6.82. The molecule has 0 amide bonds. The minimum absolute atomic E-state index is 0.631. The Morgan fingerprint density at radius 2 is 2.00 bits per heavy atom. The summed E-state index contributed by atoms with van der Waals surface area (Å²) in [5.74, 6) is 3.00. The fraction of sp³-hybridized carbons (Fsp3) is 0.636. The van der Waals surface area contributed by atoms with Gasteiger partial charge in [-0.1, -0.05) is 32.1 Å². The van der Waals surface area contributed by atoms with Gasteiger partial charge in [0.05, 0.1) is 0 Å². The molecule has 0 spiro atoms. The van der Waals surface area contributed by atoms with Gasteiger partial charge in [-0.25, -0.2) is 0 Å². The summed E-state index contributed by atoms with van der Waals surface area (Å²) >= 11 is 0. The SMILES string of the molecule is CC1C=CC1CC1C=C(N)C1C. The van der Waals surface area contributed by atoms with E-state index >= 15 is 0 Å². The molecule has 0 saturated carbocycles. The van der Waals surface area contributed by atoms with Crippen LogP contribution >= 0.6 is 0 Å². The highest BCUT2D eigenvalue weighted by molar-refractivity contribution is 5.20. The molecule has 0 bridgehead atoms. The zero-order valence-electron chi connectivity index (χ0n) is 7.83. The van der Waals surface area contributed by atoms with Gasteiger partial charge >= 0.3 is 0 Å². The Kier molecular flexibility index (Phi) is 1.75. The van der Waals surface area contributed by atoms with Crippen molar-refractivity contribution < 1.29 is 0 Å². The Morgan fingerprint density at radius 1 is 1.25 bits per heavy atom. The molecule has 0 aromatic heterocycles. The number of hydrogen-bond acceptors (Lipinski definition) is 1. The normalized spacial score (nSPS) is 44.7. The van der Waals surface area contributed by atoms with Crippen LogP contribution in [-0.2, 0) is 0 Å². The molecule has 0 aromatic carbocycles. The lowest BCUT2D eigenvalue weighted by atomic mass is 9.70. The van der Waals surface area contributed by atoms with E-state index < -0.39 is 0 Å². The zero-order valence-corrected chi connectivity index (χ0v) is 7.83. The number of nitrogens with two attached hydrogens (primary N) is 1. The highest BCUT2D eigenvalue weighted by Gasteiger charge is 2.31. The second-order valence-corrected chi connectivity index (χ2v) is 4.26. The van der Waals surface area contributed by atoms with Gasteiger partial charge in [0.1, 0.15) is 0 Å². The Bertz CT molecular complexity index is 239. The van der Waals surface area contributed by atoms with E-state index in [0.717, 1.165) is 23.5 Å². The lowest BCUT2D eigenvalue weighted by molar-refractivity contribution is 0.306. The van der Waals surface area contributed by atoms with Crippen LogP contribution in [0.4, 0.5) is 0 Å². The minimum Gasteiger partial charge on any atom is -0.402 e. The maximum absolute atomic E-state index is 5.73. The van der Waals surface area contributed by atoms with Gasteiger partial charge in [0.2, 0.25) is 0 Å². The predicted molar refractivity (Wildman–Crippen MR) is 51.3 cm³/mol. The van der Waals surface area contributed by atoms with Gasteiger partial charge in [-0.05, 0) is 24.2 Å². The highest BCUT2D eigenvalue weighted by Crippen LogP contribution is 2.39. The second-order valence-electron chi connectivity index (χ2n) is 4.26. The highest BCUT2D eigenvalue weighted by atomic mass is 14.6. The number of rotatable bonds is 2. The van der Waals surface area contributed by atoms with Gasteiger partial charge in [0, 0.05) is 11.6 Å². The van der Waals surface area contributed by atoms with E-state index in [1.165, 1.54) is 6.42 Å². The molecule has 0 aromatic rings. The van der Waals surface area contributed by atoms with E-state index in [2.05, 4.69) is 32.1 Å². The van der Waals surface area contributed by atoms with Crippen LogP contribution in [0.3, 0.4) is 0 Å². The van der Waals surface area contributed by atoms with Crippen LogP contribution in [-0.4, -0.2) is 0 Å². The quantitative estimate of drug-likeness (QED) is 0.621. The molecule has 2 aliphatic carbocycles. The van der Waals surface area contributed by atoms with Gasteiger partial charge in [-0.15, -0.1) is 0 Å². The van der Waals surface area contributed by atoms with Gasteiger partial charge in [-0.2, -0.15) is 0 Å². The summed E-state index contributed by atoms with van der Waals surface area (Å²) in [6.45, 7) is 4.52. The summed E-state index contributed by atoms with van der Waals surface area (Å²) in [5, 5.41) is 0. The topological polar surface area (TPSA) is 26.0 Å². The molecule has 0 heterocycles. The Labute approximate surface area is 74.3 Å². The first-order valence-corrected chi connectivity index (χ1v) is 4.84. The van der Waals surface area contributed by atoms with Crippen molar-refractivity contribution in [2.45, 2.75) is 20.3 Å². The third-order valence-electron chi connectivity index (χ3n) is 3.46. The fourth-order valence-corrected chi connectivity index (χ4v) is 2.04.